The molecule has 0 fully saturated rings. The summed E-state index contributed by atoms with van der Waals surface area (Å²) in [6, 6.07) is 9.38. The highest BCUT2D eigenvalue weighted by atomic mass is 16.5. The molecule has 3 heteroatoms. The summed E-state index contributed by atoms with van der Waals surface area (Å²) in [5, 5.41) is 0. The van der Waals surface area contributed by atoms with E-state index in [-0.39, 0.29) is 5.91 Å². The summed E-state index contributed by atoms with van der Waals surface area (Å²) in [4.78, 5) is 13.9. The zero-order chi connectivity index (χ0) is 13.5. The Balaban J connectivity index is 2.62. The normalized spacial score (nSPS) is 11.7. The van der Waals surface area contributed by atoms with Crippen molar-refractivity contribution in [3.8, 4) is 5.75 Å². The molecule has 0 spiro atoms. The first-order valence-electron chi connectivity index (χ1n) is 6.19. The van der Waals surface area contributed by atoms with Crippen molar-refractivity contribution in [1.29, 1.82) is 0 Å². The Morgan fingerprint density at radius 1 is 1.39 bits per heavy atom. The number of ether oxygens (including phenoxy) is 1. The van der Waals surface area contributed by atoms with Crippen LogP contribution in [0.5, 0.6) is 5.75 Å². The summed E-state index contributed by atoms with van der Waals surface area (Å²) in [5.74, 6) is 0.703. The standard InChI is InChI=1S/C15H21NO2/c1-5-16(11-12(2)3)15(17)13(4)18-14-9-7-6-8-10-14/h6-10,13H,2,5,11H2,1,3-4H3. The summed E-state index contributed by atoms with van der Waals surface area (Å²) < 4.78 is 5.62. The van der Waals surface area contributed by atoms with E-state index in [9.17, 15) is 4.79 Å². The second-order valence-corrected chi connectivity index (χ2v) is 4.38. The molecule has 0 saturated heterocycles. The van der Waals surface area contributed by atoms with Gasteiger partial charge in [-0.15, -0.1) is 0 Å². The molecule has 0 aliphatic heterocycles. The van der Waals surface area contributed by atoms with Gasteiger partial charge in [0.2, 0.25) is 0 Å². The third kappa shape index (κ3) is 4.24. The van der Waals surface area contributed by atoms with Gasteiger partial charge in [-0.2, -0.15) is 0 Å². The fourth-order valence-electron chi connectivity index (χ4n) is 1.68. The van der Waals surface area contributed by atoms with Gasteiger partial charge >= 0.3 is 0 Å². The molecule has 0 aromatic heterocycles. The van der Waals surface area contributed by atoms with Gasteiger partial charge in [0.15, 0.2) is 6.10 Å². The molecule has 0 aliphatic rings. The Morgan fingerprint density at radius 3 is 2.50 bits per heavy atom. The fraction of sp³-hybridized carbons (Fsp3) is 0.400. The SMILES string of the molecule is C=C(C)CN(CC)C(=O)C(C)Oc1ccccc1. The van der Waals surface area contributed by atoms with Crippen LogP contribution in [0.3, 0.4) is 0 Å². The van der Waals surface area contributed by atoms with E-state index in [0.717, 1.165) is 5.57 Å². The zero-order valence-electron chi connectivity index (χ0n) is 11.3. The van der Waals surface area contributed by atoms with Crippen molar-refractivity contribution in [2.75, 3.05) is 13.1 Å². The number of nitrogens with zero attached hydrogens (tertiary/aromatic N) is 1. The van der Waals surface area contributed by atoms with Gasteiger partial charge in [0.1, 0.15) is 5.75 Å². The molecule has 0 bridgehead atoms. The molecule has 98 valence electrons. The van der Waals surface area contributed by atoms with E-state index in [0.29, 0.717) is 18.8 Å². The fourth-order valence-corrected chi connectivity index (χ4v) is 1.68. The van der Waals surface area contributed by atoms with Crippen LogP contribution < -0.4 is 4.74 Å². The summed E-state index contributed by atoms with van der Waals surface area (Å²) in [6.07, 6.45) is -0.480. The maximum absolute atomic E-state index is 12.2. The molecule has 1 amide bonds. The van der Waals surface area contributed by atoms with Crippen molar-refractivity contribution in [2.24, 2.45) is 0 Å². The maximum atomic E-state index is 12.2. The van der Waals surface area contributed by atoms with Crippen molar-refractivity contribution in [1.82, 2.24) is 4.90 Å². The van der Waals surface area contributed by atoms with Crippen molar-refractivity contribution in [2.45, 2.75) is 26.9 Å². The largest absolute Gasteiger partial charge is 0.481 e. The number of hydrogen-bond donors (Lipinski definition) is 0. The van der Waals surface area contributed by atoms with Crippen LogP contribution in [0.2, 0.25) is 0 Å². The van der Waals surface area contributed by atoms with Gasteiger partial charge in [0.05, 0.1) is 0 Å². The van der Waals surface area contributed by atoms with E-state index < -0.39 is 6.10 Å². The van der Waals surface area contributed by atoms with Crippen molar-refractivity contribution >= 4 is 5.91 Å². The molecule has 1 aromatic carbocycles. The molecule has 1 rings (SSSR count). The predicted molar refractivity (Wildman–Crippen MR) is 73.6 cm³/mol. The van der Waals surface area contributed by atoms with E-state index in [1.807, 2.05) is 44.2 Å². The van der Waals surface area contributed by atoms with Crippen LogP contribution in [-0.4, -0.2) is 30.0 Å². The van der Waals surface area contributed by atoms with E-state index in [1.54, 1.807) is 11.8 Å². The van der Waals surface area contributed by atoms with Gasteiger partial charge in [-0.3, -0.25) is 4.79 Å². The number of benzene rings is 1. The van der Waals surface area contributed by atoms with Crippen molar-refractivity contribution in [3.05, 3.63) is 42.5 Å². The molecule has 18 heavy (non-hydrogen) atoms. The highest BCUT2D eigenvalue weighted by molar-refractivity contribution is 5.81. The van der Waals surface area contributed by atoms with Gasteiger partial charge in [0, 0.05) is 13.1 Å². The van der Waals surface area contributed by atoms with Crippen LogP contribution in [0.25, 0.3) is 0 Å². The maximum Gasteiger partial charge on any atom is 0.263 e. The van der Waals surface area contributed by atoms with E-state index in [1.165, 1.54) is 0 Å². The number of para-hydroxylation sites is 1. The second kappa shape index (κ2) is 6.84. The molecule has 1 aromatic rings. The van der Waals surface area contributed by atoms with Crippen LogP contribution >= 0.6 is 0 Å². The summed E-state index contributed by atoms with van der Waals surface area (Å²) in [7, 11) is 0. The Kier molecular flexibility index (Phi) is 5.43. The highest BCUT2D eigenvalue weighted by Gasteiger charge is 2.20. The molecular weight excluding hydrogens is 226 g/mol. The monoisotopic (exact) mass is 247 g/mol. The average Bonchev–Trinajstić information content (AvgIpc) is 2.36. The number of carbonyl (C=O) groups is 1. The first-order chi connectivity index (χ1) is 8.54. The molecule has 0 N–H and O–H groups in total. The lowest BCUT2D eigenvalue weighted by Gasteiger charge is -2.25. The molecule has 3 nitrogen and oxygen atoms in total. The third-order valence-electron chi connectivity index (χ3n) is 2.56. The lowest BCUT2D eigenvalue weighted by atomic mass is 10.2. The minimum absolute atomic E-state index is 0.00986. The van der Waals surface area contributed by atoms with Crippen LogP contribution in [0.1, 0.15) is 20.8 Å². The first kappa shape index (κ1) is 14.3. The number of likely N-dealkylation sites (N-methyl/N-ethyl adjacent to an activating group) is 1. The summed E-state index contributed by atoms with van der Waals surface area (Å²) in [6.45, 7) is 10.7. The van der Waals surface area contributed by atoms with Crippen LogP contribution in [0, 0.1) is 0 Å². The Labute approximate surface area is 109 Å². The van der Waals surface area contributed by atoms with E-state index in [2.05, 4.69) is 6.58 Å². The van der Waals surface area contributed by atoms with E-state index >= 15 is 0 Å². The van der Waals surface area contributed by atoms with Crippen molar-refractivity contribution in [3.63, 3.8) is 0 Å². The van der Waals surface area contributed by atoms with Gasteiger partial charge in [-0.05, 0) is 32.9 Å². The van der Waals surface area contributed by atoms with Crippen LogP contribution in [0.15, 0.2) is 42.5 Å². The molecule has 0 saturated carbocycles. The summed E-state index contributed by atoms with van der Waals surface area (Å²) in [5.41, 5.74) is 0.970. The average molecular weight is 247 g/mol. The molecule has 0 heterocycles. The Hall–Kier alpha value is -1.77. The van der Waals surface area contributed by atoms with Crippen molar-refractivity contribution < 1.29 is 9.53 Å². The number of amides is 1. The minimum atomic E-state index is -0.480. The Morgan fingerprint density at radius 2 is 2.00 bits per heavy atom. The van der Waals surface area contributed by atoms with Crippen LogP contribution in [0.4, 0.5) is 0 Å². The molecule has 1 unspecified atom stereocenters. The topological polar surface area (TPSA) is 29.5 Å². The van der Waals surface area contributed by atoms with Gasteiger partial charge in [-0.1, -0.05) is 30.4 Å². The minimum Gasteiger partial charge on any atom is -0.481 e. The lowest BCUT2D eigenvalue weighted by molar-refractivity contribution is -0.137. The predicted octanol–water partition coefficient (Wildman–Crippen LogP) is 2.88. The number of rotatable bonds is 6. The van der Waals surface area contributed by atoms with Gasteiger partial charge < -0.3 is 9.64 Å². The number of hydrogen-bond acceptors (Lipinski definition) is 2. The molecule has 0 aliphatic carbocycles. The highest BCUT2D eigenvalue weighted by Crippen LogP contribution is 2.12. The zero-order valence-corrected chi connectivity index (χ0v) is 11.3. The lowest BCUT2D eigenvalue weighted by Crippen LogP contribution is -2.41. The second-order valence-electron chi connectivity index (χ2n) is 4.38. The molecule has 1 atom stereocenters. The molecule has 0 radical (unpaired) electrons. The first-order valence-corrected chi connectivity index (χ1v) is 6.19. The van der Waals surface area contributed by atoms with E-state index in [4.69, 9.17) is 4.74 Å². The summed E-state index contributed by atoms with van der Waals surface area (Å²) >= 11 is 0. The Bertz CT molecular complexity index is 400. The van der Waals surface area contributed by atoms with Gasteiger partial charge in [0.25, 0.3) is 5.91 Å². The van der Waals surface area contributed by atoms with Gasteiger partial charge in [-0.25, -0.2) is 0 Å². The third-order valence-corrected chi connectivity index (χ3v) is 2.56. The smallest absolute Gasteiger partial charge is 0.263 e. The quantitative estimate of drug-likeness (QED) is 0.723. The van der Waals surface area contributed by atoms with Crippen LogP contribution in [-0.2, 0) is 4.79 Å². The number of carbonyl (C=O) groups excluding carboxylic acids is 1. The molecular formula is C15H21NO2.